The van der Waals surface area contributed by atoms with Crippen LogP contribution in [0.4, 0.5) is 0 Å². The molecule has 2 heteroatoms. The topological polar surface area (TPSA) is 24.1 Å². The number of allylic oxidation sites excluding steroid dienone is 5. The summed E-state index contributed by atoms with van der Waals surface area (Å²) in [7, 11) is 0. The van der Waals surface area contributed by atoms with E-state index in [0.29, 0.717) is 17.5 Å². The van der Waals surface area contributed by atoms with Crippen LogP contribution in [-0.4, -0.2) is 12.1 Å². The van der Waals surface area contributed by atoms with Gasteiger partial charge in [-0.25, -0.2) is 0 Å². The summed E-state index contributed by atoms with van der Waals surface area (Å²) in [6, 6.07) is 0.965. The zero-order chi connectivity index (χ0) is 18.1. The first kappa shape index (κ1) is 17.9. The molecule has 4 aliphatic carbocycles. The Morgan fingerprint density at radius 2 is 1.88 bits per heavy atom. The van der Waals surface area contributed by atoms with E-state index in [1.807, 2.05) is 0 Å². The normalized spacial score (nSPS) is 28.5. The first-order valence-electron chi connectivity index (χ1n) is 10.9. The third kappa shape index (κ3) is 3.52. The highest BCUT2D eigenvalue weighted by molar-refractivity contribution is 5.58. The van der Waals surface area contributed by atoms with E-state index in [9.17, 15) is 0 Å². The number of hydrogen-bond donors (Lipinski definition) is 2. The van der Waals surface area contributed by atoms with E-state index in [1.54, 1.807) is 11.1 Å². The van der Waals surface area contributed by atoms with Gasteiger partial charge in [-0.2, -0.15) is 0 Å². The first-order valence-corrected chi connectivity index (χ1v) is 10.9. The fraction of sp³-hybridized carbons (Fsp3) is 0.667. The van der Waals surface area contributed by atoms with Crippen LogP contribution >= 0.6 is 0 Å². The summed E-state index contributed by atoms with van der Waals surface area (Å²) < 4.78 is 0. The molecule has 2 atom stereocenters. The van der Waals surface area contributed by atoms with E-state index in [-0.39, 0.29) is 0 Å². The van der Waals surface area contributed by atoms with E-state index in [1.165, 1.54) is 75.4 Å². The molecule has 4 aliphatic rings. The van der Waals surface area contributed by atoms with Crippen molar-refractivity contribution in [3.63, 3.8) is 0 Å². The van der Waals surface area contributed by atoms with E-state index in [2.05, 4.69) is 43.2 Å². The molecule has 26 heavy (non-hydrogen) atoms. The SMILES string of the molecule is C=C(NC1CCCC2(CCCC2)C1)NC(C)C1=C(C)C2=CCCC=C2C1. The van der Waals surface area contributed by atoms with Crippen molar-refractivity contribution in [3.05, 3.63) is 46.8 Å². The Bertz CT molecular complexity index is 658. The van der Waals surface area contributed by atoms with Crippen LogP contribution in [0.1, 0.15) is 84.5 Å². The predicted molar refractivity (Wildman–Crippen MR) is 111 cm³/mol. The van der Waals surface area contributed by atoms with Crippen molar-refractivity contribution in [2.75, 3.05) is 0 Å². The summed E-state index contributed by atoms with van der Waals surface area (Å²) in [6.45, 7) is 8.91. The van der Waals surface area contributed by atoms with Gasteiger partial charge in [0.1, 0.15) is 0 Å². The number of nitrogens with one attached hydrogen (secondary N) is 2. The summed E-state index contributed by atoms with van der Waals surface area (Å²) in [6.07, 6.45) is 19.7. The van der Waals surface area contributed by atoms with Crippen LogP contribution in [0, 0.1) is 5.41 Å². The minimum Gasteiger partial charge on any atom is -0.370 e. The molecule has 0 heterocycles. The van der Waals surface area contributed by atoms with Gasteiger partial charge in [0.05, 0.1) is 5.82 Å². The van der Waals surface area contributed by atoms with Gasteiger partial charge in [0, 0.05) is 12.1 Å². The standard InChI is InChI=1S/C24H36N2/c1-17-22-11-5-4-9-20(22)15-23(17)18(2)25-19(3)26-21-10-8-14-24(16-21)12-6-7-13-24/h9,11,18,21,25-26H,3-8,10,12-16H2,1-2H3. The second-order valence-corrected chi connectivity index (χ2v) is 9.24. The van der Waals surface area contributed by atoms with Crippen molar-refractivity contribution in [2.45, 2.75) is 96.6 Å². The Kier molecular flexibility index (Phi) is 5.03. The molecule has 0 saturated heterocycles. The van der Waals surface area contributed by atoms with Crippen molar-refractivity contribution >= 4 is 0 Å². The molecular formula is C24H36N2. The Hall–Kier alpha value is -1.44. The predicted octanol–water partition coefficient (Wildman–Crippen LogP) is 5.90. The van der Waals surface area contributed by atoms with E-state index < -0.39 is 0 Å². The molecule has 0 aliphatic heterocycles. The van der Waals surface area contributed by atoms with E-state index >= 15 is 0 Å². The lowest BCUT2D eigenvalue weighted by molar-refractivity contribution is 0.164. The van der Waals surface area contributed by atoms with Gasteiger partial charge >= 0.3 is 0 Å². The Morgan fingerprint density at radius 1 is 1.15 bits per heavy atom. The van der Waals surface area contributed by atoms with Gasteiger partial charge in [0.25, 0.3) is 0 Å². The second-order valence-electron chi connectivity index (χ2n) is 9.24. The zero-order valence-corrected chi connectivity index (χ0v) is 16.8. The summed E-state index contributed by atoms with van der Waals surface area (Å²) >= 11 is 0. The fourth-order valence-corrected chi connectivity index (χ4v) is 6.07. The van der Waals surface area contributed by atoms with Crippen molar-refractivity contribution in [1.29, 1.82) is 0 Å². The minimum atomic E-state index is 0.353. The molecule has 0 aromatic heterocycles. The van der Waals surface area contributed by atoms with Crippen LogP contribution in [0.3, 0.4) is 0 Å². The van der Waals surface area contributed by atoms with Gasteiger partial charge in [0.15, 0.2) is 0 Å². The Morgan fingerprint density at radius 3 is 2.65 bits per heavy atom. The van der Waals surface area contributed by atoms with Gasteiger partial charge in [-0.1, -0.05) is 38.0 Å². The molecule has 2 fully saturated rings. The van der Waals surface area contributed by atoms with Crippen LogP contribution < -0.4 is 10.6 Å². The Balaban J connectivity index is 1.34. The zero-order valence-electron chi connectivity index (χ0n) is 16.8. The van der Waals surface area contributed by atoms with Gasteiger partial charge < -0.3 is 10.6 Å². The molecule has 0 aromatic rings. The quantitative estimate of drug-likeness (QED) is 0.644. The molecule has 2 unspecified atom stereocenters. The van der Waals surface area contributed by atoms with Crippen LogP contribution in [0.2, 0.25) is 0 Å². The summed E-state index contributed by atoms with van der Waals surface area (Å²) in [4.78, 5) is 0. The highest BCUT2D eigenvalue weighted by atomic mass is 15.1. The molecule has 0 amide bonds. The molecule has 2 N–H and O–H groups in total. The lowest BCUT2D eigenvalue weighted by Gasteiger charge is -2.39. The maximum atomic E-state index is 4.32. The molecule has 4 rings (SSSR count). The lowest BCUT2D eigenvalue weighted by atomic mass is 9.71. The number of fused-ring (bicyclic) bond motifs is 1. The van der Waals surface area contributed by atoms with Gasteiger partial charge in [0.2, 0.25) is 0 Å². The molecule has 142 valence electrons. The Labute approximate surface area is 159 Å². The van der Waals surface area contributed by atoms with Crippen LogP contribution in [-0.2, 0) is 0 Å². The van der Waals surface area contributed by atoms with Crippen LogP contribution in [0.5, 0.6) is 0 Å². The molecule has 1 spiro atoms. The highest BCUT2D eigenvalue weighted by Gasteiger charge is 2.38. The molecule has 2 nitrogen and oxygen atoms in total. The molecular weight excluding hydrogens is 316 g/mol. The van der Waals surface area contributed by atoms with Crippen molar-refractivity contribution < 1.29 is 0 Å². The van der Waals surface area contributed by atoms with Crippen LogP contribution in [0.15, 0.2) is 46.8 Å². The maximum Gasteiger partial charge on any atom is 0.0919 e. The number of hydrogen-bond acceptors (Lipinski definition) is 2. The first-order chi connectivity index (χ1) is 12.6. The summed E-state index contributed by atoms with van der Waals surface area (Å²) in [5.41, 5.74) is 6.75. The average molecular weight is 353 g/mol. The third-order valence-electron chi connectivity index (χ3n) is 7.41. The highest BCUT2D eigenvalue weighted by Crippen LogP contribution is 2.49. The van der Waals surface area contributed by atoms with Crippen LogP contribution in [0.25, 0.3) is 0 Å². The van der Waals surface area contributed by atoms with Gasteiger partial charge in [-0.15, -0.1) is 0 Å². The monoisotopic (exact) mass is 352 g/mol. The lowest BCUT2D eigenvalue weighted by Crippen LogP contribution is -2.43. The summed E-state index contributed by atoms with van der Waals surface area (Å²) in [5.74, 6) is 1.02. The third-order valence-corrected chi connectivity index (χ3v) is 7.41. The molecule has 2 saturated carbocycles. The fourth-order valence-electron chi connectivity index (χ4n) is 6.07. The van der Waals surface area contributed by atoms with Crippen molar-refractivity contribution in [3.8, 4) is 0 Å². The van der Waals surface area contributed by atoms with Crippen molar-refractivity contribution in [1.82, 2.24) is 10.6 Å². The molecule has 0 radical (unpaired) electrons. The van der Waals surface area contributed by atoms with Crippen molar-refractivity contribution in [2.24, 2.45) is 5.41 Å². The molecule has 0 bridgehead atoms. The minimum absolute atomic E-state index is 0.353. The summed E-state index contributed by atoms with van der Waals surface area (Å²) in [5, 5.41) is 7.41. The smallest absolute Gasteiger partial charge is 0.0919 e. The van der Waals surface area contributed by atoms with E-state index in [4.69, 9.17) is 0 Å². The van der Waals surface area contributed by atoms with Gasteiger partial charge in [-0.3, -0.25) is 0 Å². The van der Waals surface area contributed by atoms with E-state index in [0.717, 1.165) is 12.2 Å². The maximum absolute atomic E-state index is 4.32. The number of rotatable bonds is 5. The molecule has 0 aromatic carbocycles. The average Bonchev–Trinajstić information content (AvgIpc) is 3.20. The largest absolute Gasteiger partial charge is 0.370 e. The second kappa shape index (κ2) is 7.29. The van der Waals surface area contributed by atoms with Gasteiger partial charge in [-0.05, 0) is 92.9 Å².